The van der Waals surface area contributed by atoms with E-state index < -0.39 is 6.17 Å². The van der Waals surface area contributed by atoms with E-state index in [2.05, 4.69) is 20.8 Å². The van der Waals surface area contributed by atoms with Crippen LogP contribution in [0.2, 0.25) is 0 Å². The van der Waals surface area contributed by atoms with Gasteiger partial charge in [0, 0.05) is 0 Å². The van der Waals surface area contributed by atoms with Crippen LogP contribution in [-0.4, -0.2) is 6.17 Å². The standard InChI is InChI=1S/C21H37F/c1-14-4-6-17(7-5-14)20-10-8-18(12-15(20)2)21-11-9-19(22)13-16(21)3/h14-21H,4-13H2,1-3H3/t14?,15?,16?,17?,18?,19?,20?,21-/m1/s1. The summed E-state index contributed by atoms with van der Waals surface area (Å²) in [5.74, 6) is 6.24. The van der Waals surface area contributed by atoms with Gasteiger partial charge in [0.25, 0.3) is 0 Å². The third-order valence-corrected chi connectivity index (χ3v) is 7.72. The summed E-state index contributed by atoms with van der Waals surface area (Å²) in [6.07, 6.45) is 12.6. The van der Waals surface area contributed by atoms with Crippen molar-refractivity contribution in [2.45, 2.75) is 91.2 Å². The second-order valence-corrected chi connectivity index (χ2v) is 9.29. The molecule has 1 heteroatoms. The van der Waals surface area contributed by atoms with Crippen LogP contribution in [-0.2, 0) is 0 Å². The van der Waals surface area contributed by atoms with Gasteiger partial charge in [0.15, 0.2) is 0 Å². The highest BCUT2D eigenvalue weighted by molar-refractivity contribution is 4.90. The zero-order chi connectivity index (χ0) is 15.7. The monoisotopic (exact) mass is 308 g/mol. The third-order valence-electron chi connectivity index (χ3n) is 7.72. The van der Waals surface area contributed by atoms with Crippen LogP contribution in [0.3, 0.4) is 0 Å². The molecule has 3 saturated carbocycles. The van der Waals surface area contributed by atoms with Gasteiger partial charge in [0.2, 0.25) is 0 Å². The average molecular weight is 309 g/mol. The van der Waals surface area contributed by atoms with Crippen LogP contribution in [0.15, 0.2) is 0 Å². The first-order chi connectivity index (χ1) is 10.5. The van der Waals surface area contributed by atoms with Gasteiger partial charge in [-0.15, -0.1) is 0 Å². The van der Waals surface area contributed by atoms with E-state index in [1.54, 1.807) is 0 Å². The van der Waals surface area contributed by atoms with Gasteiger partial charge in [-0.2, -0.15) is 0 Å². The molecule has 0 aliphatic heterocycles. The molecule has 128 valence electrons. The highest BCUT2D eigenvalue weighted by atomic mass is 19.1. The predicted octanol–water partition coefficient (Wildman–Crippen LogP) is 6.64. The molecule has 22 heavy (non-hydrogen) atoms. The molecule has 0 spiro atoms. The summed E-state index contributed by atoms with van der Waals surface area (Å²) >= 11 is 0. The predicted molar refractivity (Wildman–Crippen MR) is 92.5 cm³/mol. The smallest absolute Gasteiger partial charge is 0.100 e. The van der Waals surface area contributed by atoms with Gasteiger partial charge in [-0.25, -0.2) is 4.39 Å². The van der Waals surface area contributed by atoms with E-state index in [0.717, 1.165) is 54.8 Å². The topological polar surface area (TPSA) is 0 Å². The van der Waals surface area contributed by atoms with Crippen molar-refractivity contribution in [3.05, 3.63) is 0 Å². The van der Waals surface area contributed by atoms with Crippen molar-refractivity contribution < 1.29 is 4.39 Å². The van der Waals surface area contributed by atoms with E-state index >= 15 is 0 Å². The molecule has 0 amide bonds. The number of alkyl halides is 1. The van der Waals surface area contributed by atoms with Crippen molar-refractivity contribution in [2.75, 3.05) is 0 Å². The van der Waals surface area contributed by atoms with Crippen LogP contribution in [0.5, 0.6) is 0 Å². The number of hydrogen-bond donors (Lipinski definition) is 0. The summed E-state index contributed by atoms with van der Waals surface area (Å²) < 4.78 is 13.6. The van der Waals surface area contributed by atoms with Gasteiger partial charge in [0.05, 0.1) is 0 Å². The molecule has 6 atom stereocenters. The fourth-order valence-electron chi connectivity index (χ4n) is 6.32. The molecule has 0 saturated heterocycles. The maximum atomic E-state index is 13.6. The lowest BCUT2D eigenvalue weighted by Crippen LogP contribution is -2.36. The van der Waals surface area contributed by atoms with Crippen molar-refractivity contribution in [1.29, 1.82) is 0 Å². The van der Waals surface area contributed by atoms with Crippen LogP contribution in [0.4, 0.5) is 4.39 Å². The summed E-state index contributed by atoms with van der Waals surface area (Å²) in [4.78, 5) is 0. The maximum absolute atomic E-state index is 13.6. The number of hydrogen-bond acceptors (Lipinski definition) is 0. The van der Waals surface area contributed by atoms with Gasteiger partial charge >= 0.3 is 0 Å². The van der Waals surface area contributed by atoms with E-state index in [1.165, 1.54) is 44.9 Å². The Morgan fingerprint density at radius 2 is 1.14 bits per heavy atom. The molecule has 0 N–H and O–H groups in total. The van der Waals surface area contributed by atoms with Gasteiger partial charge in [-0.1, -0.05) is 33.6 Å². The van der Waals surface area contributed by atoms with E-state index in [4.69, 9.17) is 0 Å². The lowest BCUT2D eigenvalue weighted by Gasteiger charge is -2.45. The first-order valence-corrected chi connectivity index (χ1v) is 10.2. The van der Waals surface area contributed by atoms with Crippen LogP contribution >= 0.6 is 0 Å². The molecular formula is C21H37F. The molecule has 0 bridgehead atoms. The molecule has 0 radical (unpaired) electrons. The Kier molecular flexibility index (Phi) is 5.51. The molecule has 5 unspecified atom stereocenters. The van der Waals surface area contributed by atoms with Crippen molar-refractivity contribution >= 4 is 0 Å². The lowest BCUT2D eigenvalue weighted by atomic mass is 9.60. The van der Waals surface area contributed by atoms with E-state index in [1.807, 2.05) is 0 Å². The highest BCUT2D eigenvalue weighted by Crippen LogP contribution is 2.49. The minimum Gasteiger partial charge on any atom is -0.247 e. The van der Waals surface area contributed by atoms with Crippen molar-refractivity contribution in [2.24, 2.45) is 41.4 Å². The van der Waals surface area contributed by atoms with Crippen LogP contribution in [0, 0.1) is 41.4 Å². The van der Waals surface area contributed by atoms with Crippen molar-refractivity contribution in [1.82, 2.24) is 0 Å². The zero-order valence-electron chi connectivity index (χ0n) is 15.1. The minimum atomic E-state index is -0.510. The van der Waals surface area contributed by atoms with Crippen LogP contribution in [0.25, 0.3) is 0 Å². The van der Waals surface area contributed by atoms with Gasteiger partial charge < -0.3 is 0 Å². The molecule has 3 aliphatic carbocycles. The first-order valence-electron chi connectivity index (χ1n) is 10.2. The summed E-state index contributed by atoms with van der Waals surface area (Å²) in [7, 11) is 0. The van der Waals surface area contributed by atoms with Gasteiger partial charge in [-0.05, 0) is 92.8 Å². The highest BCUT2D eigenvalue weighted by Gasteiger charge is 2.39. The Labute approximate surface area is 137 Å². The maximum Gasteiger partial charge on any atom is 0.100 e. The van der Waals surface area contributed by atoms with Gasteiger partial charge in [-0.3, -0.25) is 0 Å². The second kappa shape index (κ2) is 7.22. The molecule has 3 fully saturated rings. The summed E-state index contributed by atoms with van der Waals surface area (Å²) in [5.41, 5.74) is 0. The number of halogens is 1. The van der Waals surface area contributed by atoms with E-state index in [-0.39, 0.29) is 0 Å². The molecular weight excluding hydrogens is 271 g/mol. The van der Waals surface area contributed by atoms with Gasteiger partial charge in [0.1, 0.15) is 6.17 Å². The largest absolute Gasteiger partial charge is 0.247 e. The van der Waals surface area contributed by atoms with Crippen molar-refractivity contribution in [3.63, 3.8) is 0 Å². The Balaban J connectivity index is 1.53. The fourth-order valence-corrected chi connectivity index (χ4v) is 6.32. The summed E-state index contributed by atoms with van der Waals surface area (Å²) in [5, 5.41) is 0. The van der Waals surface area contributed by atoms with E-state index in [0.29, 0.717) is 5.92 Å². The fraction of sp³-hybridized carbons (Fsp3) is 1.00. The first kappa shape index (κ1) is 16.8. The molecule has 0 aromatic carbocycles. The number of rotatable bonds is 2. The second-order valence-electron chi connectivity index (χ2n) is 9.29. The van der Waals surface area contributed by atoms with E-state index in [9.17, 15) is 4.39 Å². The van der Waals surface area contributed by atoms with Crippen LogP contribution < -0.4 is 0 Å². The SMILES string of the molecule is CC1CCC(C2CCC([C@@H]3CCC(F)CC3C)CC2C)CC1. The average Bonchev–Trinajstić information content (AvgIpc) is 2.48. The van der Waals surface area contributed by atoms with Crippen LogP contribution in [0.1, 0.15) is 85.0 Å². The Hall–Kier alpha value is -0.0700. The lowest BCUT2D eigenvalue weighted by molar-refractivity contribution is 0.0384. The molecule has 3 rings (SSSR count). The Morgan fingerprint density at radius 3 is 1.77 bits per heavy atom. The quantitative estimate of drug-likeness (QED) is 0.536. The third kappa shape index (κ3) is 3.70. The molecule has 0 aromatic heterocycles. The zero-order valence-corrected chi connectivity index (χ0v) is 15.1. The normalized spacial score (nSPS) is 50.7. The van der Waals surface area contributed by atoms with Crippen molar-refractivity contribution in [3.8, 4) is 0 Å². The summed E-state index contributed by atoms with van der Waals surface area (Å²) in [6, 6.07) is 0. The Morgan fingerprint density at radius 1 is 0.591 bits per heavy atom. The Bertz CT molecular complexity index is 344. The molecule has 0 heterocycles. The molecule has 0 nitrogen and oxygen atoms in total. The summed E-state index contributed by atoms with van der Waals surface area (Å²) in [6.45, 7) is 7.27. The molecule has 3 aliphatic rings. The molecule has 0 aromatic rings. The minimum absolute atomic E-state index is 0.510.